The Morgan fingerprint density at radius 2 is 1.68 bits per heavy atom. The zero-order valence-electron chi connectivity index (χ0n) is 20.6. The average Bonchev–Trinajstić information content (AvgIpc) is 3.08. The van der Waals surface area contributed by atoms with Crippen molar-refractivity contribution in [1.29, 1.82) is 0 Å². The van der Waals surface area contributed by atoms with E-state index in [0.29, 0.717) is 42.3 Å². The second kappa shape index (κ2) is 14.0. The zero-order valence-corrected chi connectivity index (χ0v) is 20.6. The summed E-state index contributed by atoms with van der Waals surface area (Å²) in [6, 6.07) is 16.0. The lowest BCUT2D eigenvalue weighted by atomic mass is 10.2. The summed E-state index contributed by atoms with van der Waals surface area (Å²) in [7, 11) is 0. The maximum Gasteiger partial charge on any atom is 0.343 e. The van der Waals surface area contributed by atoms with Gasteiger partial charge in [-0.05, 0) is 61.1 Å². The molecule has 0 amide bonds. The van der Waals surface area contributed by atoms with Crippen LogP contribution >= 0.6 is 0 Å². The molecule has 7 nitrogen and oxygen atoms in total. The number of ether oxygens (including phenoxy) is 4. The van der Waals surface area contributed by atoms with E-state index in [1.807, 2.05) is 37.3 Å². The number of carbonyl (C=O) groups is 3. The quantitative estimate of drug-likeness (QED) is 0.169. The first-order valence-electron chi connectivity index (χ1n) is 11.7. The molecule has 1 aliphatic rings. The summed E-state index contributed by atoms with van der Waals surface area (Å²) in [5, 5.41) is 0. The lowest BCUT2D eigenvalue weighted by Gasteiger charge is -2.09. The highest BCUT2D eigenvalue weighted by Gasteiger charge is 2.14. The van der Waals surface area contributed by atoms with Crippen LogP contribution < -0.4 is 4.74 Å². The van der Waals surface area contributed by atoms with E-state index < -0.39 is 17.9 Å². The Bertz CT molecular complexity index is 1230. The average molecular weight is 501 g/mol. The SMILES string of the molecule is C=CC(=O)OCCCOc1ccc(C(=O)OC2=CC=C(OC(=O)/C=C/c3ccccc3)C=C(C)C2)cc1. The minimum Gasteiger partial charge on any atom is -0.493 e. The maximum absolute atomic E-state index is 12.6. The summed E-state index contributed by atoms with van der Waals surface area (Å²) in [6.45, 7) is 5.78. The van der Waals surface area contributed by atoms with Gasteiger partial charge >= 0.3 is 17.9 Å². The highest BCUT2D eigenvalue weighted by Crippen LogP contribution is 2.22. The minimum atomic E-state index is -0.512. The molecule has 190 valence electrons. The Kier molecular flexibility index (Phi) is 10.2. The molecule has 7 heteroatoms. The van der Waals surface area contributed by atoms with Gasteiger partial charge in [-0.3, -0.25) is 0 Å². The van der Waals surface area contributed by atoms with E-state index in [0.717, 1.165) is 17.2 Å². The third kappa shape index (κ3) is 9.49. The third-order valence-electron chi connectivity index (χ3n) is 4.99. The molecule has 0 bridgehead atoms. The highest BCUT2D eigenvalue weighted by molar-refractivity contribution is 5.90. The number of rotatable bonds is 11. The number of benzene rings is 2. The summed E-state index contributed by atoms with van der Waals surface area (Å²) in [4.78, 5) is 35.8. The molecule has 2 aromatic carbocycles. The summed E-state index contributed by atoms with van der Waals surface area (Å²) in [5.41, 5.74) is 2.12. The largest absolute Gasteiger partial charge is 0.493 e. The van der Waals surface area contributed by atoms with E-state index in [4.69, 9.17) is 18.9 Å². The molecule has 0 atom stereocenters. The third-order valence-corrected chi connectivity index (χ3v) is 4.99. The van der Waals surface area contributed by atoms with Gasteiger partial charge in [0.1, 0.15) is 17.3 Å². The van der Waals surface area contributed by atoms with Crippen LogP contribution in [0, 0.1) is 0 Å². The molecule has 0 radical (unpaired) electrons. The second-order valence-electron chi connectivity index (χ2n) is 8.02. The van der Waals surface area contributed by atoms with Crippen molar-refractivity contribution in [2.45, 2.75) is 19.8 Å². The first-order valence-corrected chi connectivity index (χ1v) is 11.7. The Morgan fingerprint density at radius 3 is 2.41 bits per heavy atom. The Balaban J connectivity index is 1.51. The van der Waals surface area contributed by atoms with Gasteiger partial charge in [-0.15, -0.1) is 0 Å². The van der Waals surface area contributed by atoms with Gasteiger partial charge in [-0.25, -0.2) is 14.4 Å². The van der Waals surface area contributed by atoms with E-state index in [-0.39, 0.29) is 6.61 Å². The van der Waals surface area contributed by atoms with Crippen LogP contribution in [0.4, 0.5) is 0 Å². The van der Waals surface area contributed by atoms with Crippen molar-refractivity contribution in [3.8, 4) is 5.75 Å². The predicted molar refractivity (Wildman–Crippen MR) is 139 cm³/mol. The molecule has 3 rings (SSSR count). The van der Waals surface area contributed by atoms with Crippen molar-refractivity contribution in [3.63, 3.8) is 0 Å². The molecular weight excluding hydrogens is 472 g/mol. The first-order chi connectivity index (χ1) is 17.9. The molecule has 0 aromatic heterocycles. The number of allylic oxidation sites excluding steroid dienone is 4. The van der Waals surface area contributed by atoms with E-state index in [1.165, 1.54) is 6.08 Å². The first kappa shape index (κ1) is 26.9. The number of hydrogen-bond acceptors (Lipinski definition) is 7. The van der Waals surface area contributed by atoms with Crippen molar-refractivity contribution in [3.05, 3.63) is 120 Å². The van der Waals surface area contributed by atoms with E-state index in [2.05, 4.69) is 6.58 Å². The molecule has 1 aliphatic carbocycles. The predicted octanol–water partition coefficient (Wildman–Crippen LogP) is 5.72. The highest BCUT2D eigenvalue weighted by atomic mass is 16.5. The van der Waals surface area contributed by atoms with Crippen molar-refractivity contribution < 1.29 is 33.3 Å². The van der Waals surface area contributed by atoms with Gasteiger partial charge in [0.2, 0.25) is 0 Å². The molecule has 0 N–H and O–H groups in total. The van der Waals surface area contributed by atoms with Gasteiger partial charge in [0.25, 0.3) is 0 Å². The molecule has 2 aromatic rings. The maximum atomic E-state index is 12.6. The molecule has 0 unspecified atom stereocenters. The van der Waals surface area contributed by atoms with Crippen LogP contribution in [0.1, 0.15) is 35.7 Å². The molecule has 37 heavy (non-hydrogen) atoms. The van der Waals surface area contributed by atoms with Gasteiger partial charge < -0.3 is 18.9 Å². The van der Waals surface area contributed by atoms with E-state index >= 15 is 0 Å². The minimum absolute atomic E-state index is 0.234. The molecule has 0 spiro atoms. The van der Waals surface area contributed by atoms with Crippen molar-refractivity contribution >= 4 is 24.0 Å². The van der Waals surface area contributed by atoms with Crippen molar-refractivity contribution in [2.75, 3.05) is 13.2 Å². The molecule has 0 saturated heterocycles. The van der Waals surface area contributed by atoms with Crippen LogP contribution in [0.25, 0.3) is 6.08 Å². The fourth-order valence-corrected chi connectivity index (χ4v) is 3.21. The number of hydrogen-bond donors (Lipinski definition) is 0. The molecule has 0 heterocycles. The van der Waals surface area contributed by atoms with E-state index in [1.54, 1.807) is 48.6 Å². The smallest absolute Gasteiger partial charge is 0.343 e. The molecule has 0 saturated carbocycles. The second-order valence-corrected chi connectivity index (χ2v) is 8.02. The molecule has 0 fully saturated rings. The normalized spacial score (nSPS) is 12.9. The van der Waals surface area contributed by atoms with E-state index in [9.17, 15) is 14.4 Å². The topological polar surface area (TPSA) is 88.1 Å². The van der Waals surface area contributed by atoms with Gasteiger partial charge in [-0.2, -0.15) is 0 Å². The Morgan fingerprint density at radius 1 is 0.919 bits per heavy atom. The molecule has 0 aliphatic heterocycles. The van der Waals surface area contributed by atoms with Gasteiger partial charge in [-0.1, -0.05) is 42.5 Å². The monoisotopic (exact) mass is 500 g/mol. The van der Waals surface area contributed by atoms with Gasteiger partial charge in [0.15, 0.2) is 0 Å². The Hall–Kier alpha value is -4.65. The number of carbonyl (C=O) groups excluding carboxylic acids is 3. The summed E-state index contributed by atoms with van der Waals surface area (Å²) in [5.74, 6) is -0.128. The summed E-state index contributed by atoms with van der Waals surface area (Å²) in [6.07, 6.45) is 10.0. The van der Waals surface area contributed by atoms with Crippen LogP contribution in [0.15, 0.2) is 109 Å². The summed E-state index contributed by atoms with van der Waals surface area (Å²) >= 11 is 0. The lowest BCUT2D eigenvalue weighted by Crippen LogP contribution is -2.07. The lowest BCUT2D eigenvalue weighted by molar-refractivity contribution is -0.138. The zero-order chi connectivity index (χ0) is 26.5. The van der Waals surface area contributed by atoms with Gasteiger partial charge in [0.05, 0.1) is 18.8 Å². The van der Waals surface area contributed by atoms with Gasteiger partial charge in [0, 0.05) is 25.0 Å². The van der Waals surface area contributed by atoms with Crippen LogP contribution in [0.2, 0.25) is 0 Å². The standard InChI is InChI=1S/C30H28O7/c1-3-28(31)35-19-7-18-34-25-13-11-24(12-14-25)30(33)37-27-16-15-26(20-22(2)21-27)36-29(32)17-10-23-8-5-4-6-9-23/h3-6,8-17,20H,1,7,18-19,21H2,2H3/b17-10+. The van der Waals surface area contributed by atoms with Crippen LogP contribution in [-0.4, -0.2) is 31.1 Å². The van der Waals surface area contributed by atoms with Crippen LogP contribution in [-0.2, 0) is 23.8 Å². The number of esters is 3. The fourth-order valence-electron chi connectivity index (χ4n) is 3.21. The van der Waals surface area contributed by atoms with Crippen LogP contribution in [0.5, 0.6) is 5.75 Å². The van der Waals surface area contributed by atoms with Crippen molar-refractivity contribution in [1.82, 2.24) is 0 Å². The fraction of sp³-hybridized carbons (Fsp3) is 0.167. The summed E-state index contributed by atoms with van der Waals surface area (Å²) < 4.78 is 21.4. The molecular formula is C30H28O7. The Labute approximate surface area is 216 Å². The van der Waals surface area contributed by atoms with Crippen LogP contribution in [0.3, 0.4) is 0 Å². The van der Waals surface area contributed by atoms with Crippen molar-refractivity contribution in [2.24, 2.45) is 0 Å².